The first-order valence-electron chi connectivity index (χ1n) is 9.40. The monoisotopic (exact) mass is 380 g/mol. The van der Waals surface area contributed by atoms with E-state index in [2.05, 4.69) is 22.2 Å². The summed E-state index contributed by atoms with van der Waals surface area (Å²) in [6.45, 7) is 3.75. The van der Waals surface area contributed by atoms with Gasteiger partial charge in [-0.05, 0) is 31.3 Å². The van der Waals surface area contributed by atoms with E-state index < -0.39 is 0 Å². The van der Waals surface area contributed by atoms with Crippen molar-refractivity contribution in [3.05, 3.63) is 48.0 Å². The minimum atomic E-state index is -0.158. The molecule has 0 aliphatic carbocycles. The number of nitrogens with zero attached hydrogens (tertiary/aromatic N) is 3. The summed E-state index contributed by atoms with van der Waals surface area (Å²) in [6.07, 6.45) is 0. The number of anilines is 3. The Kier molecular flexibility index (Phi) is 4.92. The molecule has 0 bridgehead atoms. The van der Waals surface area contributed by atoms with Crippen molar-refractivity contribution in [2.24, 2.45) is 0 Å². The van der Waals surface area contributed by atoms with Gasteiger partial charge in [0.2, 0.25) is 0 Å². The number of likely N-dealkylation sites (N-methyl/N-ethyl adjacent to an activating group) is 2. The molecule has 7 nitrogen and oxygen atoms in total. The Morgan fingerprint density at radius 1 is 1.00 bits per heavy atom. The van der Waals surface area contributed by atoms with Gasteiger partial charge in [-0.25, -0.2) is 0 Å². The van der Waals surface area contributed by atoms with Gasteiger partial charge in [0.1, 0.15) is 5.75 Å². The zero-order chi connectivity index (χ0) is 19.7. The smallest absolute Gasteiger partial charge is 0.264 e. The van der Waals surface area contributed by atoms with Gasteiger partial charge in [-0.1, -0.05) is 12.1 Å². The van der Waals surface area contributed by atoms with Crippen molar-refractivity contribution < 1.29 is 14.3 Å². The fourth-order valence-corrected chi connectivity index (χ4v) is 3.54. The van der Waals surface area contributed by atoms with E-state index in [0.29, 0.717) is 22.7 Å². The van der Waals surface area contributed by atoms with Crippen molar-refractivity contribution >= 4 is 28.9 Å². The lowest BCUT2D eigenvalue weighted by atomic mass is 10.1. The molecule has 2 amide bonds. The number of hydrogen-bond acceptors (Lipinski definition) is 5. The summed E-state index contributed by atoms with van der Waals surface area (Å²) >= 11 is 0. The SMILES string of the molecule is CN1CCN(c2ccccc2C(=O)Nc2ccc3c(c2)OCC(=O)N3C)CC1. The van der Waals surface area contributed by atoms with Gasteiger partial charge in [-0.3, -0.25) is 9.59 Å². The van der Waals surface area contributed by atoms with Crippen LogP contribution < -0.4 is 19.9 Å². The summed E-state index contributed by atoms with van der Waals surface area (Å²) in [5, 5.41) is 2.96. The van der Waals surface area contributed by atoms with Crippen LogP contribution in [-0.4, -0.2) is 63.6 Å². The highest BCUT2D eigenvalue weighted by atomic mass is 16.5. The molecule has 146 valence electrons. The number of para-hydroxylation sites is 1. The molecule has 0 spiro atoms. The van der Waals surface area contributed by atoms with Crippen molar-refractivity contribution in [3.8, 4) is 5.75 Å². The molecule has 0 atom stereocenters. The Labute approximate surface area is 164 Å². The zero-order valence-corrected chi connectivity index (χ0v) is 16.1. The number of ether oxygens (including phenoxy) is 1. The average molecular weight is 380 g/mol. The number of amides is 2. The molecule has 1 N–H and O–H groups in total. The molecule has 2 aromatic carbocycles. The van der Waals surface area contributed by atoms with Gasteiger partial charge in [0.05, 0.1) is 11.3 Å². The van der Waals surface area contributed by atoms with Crippen LogP contribution in [0.4, 0.5) is 17.1 Å². The average Bonchev–Trinajstić information content (AvgIpc) is 2.71. The molecular weight excluding hydrogens is 356 g/mol. The molecule has 0 unspecified atom stereocenters. The maximum Gasteiger partial charge on any atom is 0.264 e. The van der Waals surface area contributed by atoms with Gasteiger partial charge in [0.25, 0.3) is 11.8 Å². The largest absolute Gasteiger partial charge is 0.481 e. The van der Waals surface area contributed by atoms with E-state index in [9.17, 15) is 9.59 Å². The predicted molar refractivity (Wildman–Crippen MR) is 109 cm³/mol. The summed E-state index contributed by atoms with van der Waals surface area (Å²) < 4.78 is 5.51. The summed E-state index contributed by atoms with van der Waals surface area (Å²) in [5.74, 6) is 0.340. The molecule has 2 aromatic rings. The summed E-state index contributed by atoms with van der Waals surface area (Å²) in [5.41, 5.74) is 2.94. The number of hydrogen-bond donors (Lipinski definition) is 1. The van der Waals surface area contributed by atoms with E-state index in [1.54, 1.807) is 30.1 Å². The molecule has 2 aliphatic heterocycles. The van der Waals surface area contributed by atoms with E-state index in [1.807, 2.05) is 24.3 Å². The second kappa shape index (κ2) is 7.52. The number of piperazine rings is 1. The Bertz CT molecular complexity index is 906. The second-order valence-electron chi connectivity index (χ2n) is 7.19. The van der Waals surface area contributed by atoms with Crippen LogP contribution in [-0.2, 0) is 4.79 Å². The Morgan fingerprint density at radius 3 is 2.54 bits per heavy atom. The standard InChI is InChI=1S/C21H24N4O3/c1-23-9-11-25(12-10-23)17-6-4-3-5-16(17)21(27)22-15-7-8-18-19(13-15)28-14-20(26)24(18)2/h3-8,13H,9-12,14H2,1-2H3,(H,22,27). The maximum absolute atomic E-state index is 13.0. The zero-order valence-electron chi connectivity index (χ0n) is 16.1. The van der Waals surface area contributed by atoms with E-state index in [-0.39, 0.29) is 18.4 Å². The highest BCUT2D eigenvalue weighted by Crippen LogP contribution is 2.34. The predicted octanol–water partition coefficient (Wildman–Crippen LogP) is 2.05. The molecule has 0 aromatic heterocycles. The van der Waals surface area contributed by atoms with Gasteiger partial charge in [0.15, 0.2) is 6.61 Å². The molecule has 1 fully saturated rings. The Morgan fingerprint density at radius 2 is 1.75 bits per heavy atom. The van der Waals surface area contributed by atoms with Crippen LogP contribution in [0.3, 0.4) is 0 Å². The van der Waals surface area contributed by atoms with E-state index in [4.69, 9.17) is 4.74 Å². The van der Waals surface area contributed by atoms with Gasteiger partial charge in [0, 0.05) is 50.7 Å². The molecule has 28 heavy (non-hydrogen) atoms. The minimum absolute atomic E-state index is 0.00708. The van der Waals surface area contributed by atoms with E-state index >= 15 is 0 Å². The molecule has 7 heteroatoms. The number of nitrogens with one attached hydrogen (secondary N) is 1. The fourth-order valence-electron chi connectivity index (χ4n) is 3.54. The maximum atomic E-state index is 13.0. The van der Waals surface area contributed by atoms with Gasteiger partial charge in [-0.15, -0.1) is 0 Å². The van der Waals surface area contributed by atoms with Crippen LogP contribution in [0.1, 0.15) is 10.4 Å². The molecule has 0 radical (unpaired) electrons. The highest BCUT2D eigenvalue weighted by Gasteiger charge is 2.23. The first-order valence-corrected chi connectivity index (χ1v) is 9.40. The third-order valence-corrected chi connectivity index (χ3v) is 5.30. The van der Waals surface area contributed by atoms with Gasteiger partial charge in [-0.2, -0.15) is 0 Å². The van der Waals surface area contributed by atoms with Crippen molar-refractivity contribution in [2.45, 2.75) is 0 Å². The molecular formula is C21H24N4O3. The lowest BCUT2D eigenvalue weighted by molar-refractivity contribution is -0.120. The lowest BCUT2D eigenvalue weighted by Gasteiger charge is -2.35. The van der Waals surface area contributed by atoms with Gasteiger partial charge >= 0.3 is 0 Å². The van der Waals surface area contributed by atoms with Crippen LogP contribution in [0.25, 0.3) is 0 Å². The third-order valence-electron chi connectivity index (χ3n) is 5.30. The van der Waals surface area contributed by atoms with Crippen LogP contribution in [0.15, 0.2) is 42.5 Å². The second-order valence-corrected chi connectivity index (χ2v) is 7.19. The number of benzene rings is 2. The summed E-state index contributed by atoms with van der Waals surface area (Å²) in [6, 6.07) is 13.0. The first-order chi connectivity index (χ1) is 13.5. The van der Waals surface area contributed by atoms with Crippen LogP contribution in [0, 0.1) is 0 Å². The molecule has 4 rings (SSSR count). The van der Waals surface area contributed by atoms with Crippen molar-refractivity contribution in [3.63, 3.8) is 0 Å². The van der Waals surface area contributed by atoms with Crippen molar-refractivity contribution in [1.82, 2.24) is 4.90 Å². The first kappa shape index (κ1) is 18.3. The van der Waals surface area contributed by atoms with Crippen LogP contribution >= 0.6 is 0 Å². The normalized spacial score (nSPS) is 17.1. The number of rotatable bonds is 3. The van der Waals surface area contributed by atoms with E-state index in [0.717, 1.165) is 31.9 Å². The minimum Gasteiger partial charge on any atom is -0.481 e. The van der Waals surface area contributed by atoms with Crippen LogP contribution in [0.5, 0.6) is 5.75 Å². The third kappa shape index (κ3) is 3.53. The van der Waals surface area contributed by atoms with Crippen molar-refractivity contribution in [1.29, 1.82) is 0 Å². The Hall–Kier alpha value is -3.06. The fraction of sp³-hybridized carbons (Fsp3) is 0.333. The molecule has 1 saturated heterocycles. The van der Waals surface area contributed by atoms with E-state index in [1.165, 1.54) is 0 Å². The van der Waals surface area contributed by atoms with Gasteiger partial charge < -0.3 is 24.8 Å². The lowest BCUT2D eigenvalue weighted by Crippen LogP contribution is -2.45. The highest BCUT2D eigenvalue weighted by molar-refractivity contribution is 6.08. The summed E-state index contributed by atoms with van der Waals surface area (Å²) in [7, 11) is 3.83. The quantitative estimate of drug-likeness (QED) is 0.883. The Balaban J connectivity index is 1.54. The molecule has 2 heterocycles. The number of carbonyl (C=O) groups excluding carboxylic acids is 2. The topological polar surface area (TPSA) is 65.1 Å². The number of fused-ring (bicyclic) bond motifs is 1. The van der Waals surface area contributed by atoms with Crippen LogP contribution in [0.2, 0.25) is 0 Å². The molecule has 0 saturated carbocycles. The van der Waals surface area contributed by atoms with Crippen molar-refractivity contribution in [2.75, 3.05) is 62.0 Å². The summed E-state index contributed by atoms with van der Waals surface area (Å²) in [4.78, 5) is 30.8. The number of carbonyl (C=O) groups is 2. The molecule has 2 aliphatic rings.